The second-order valence-electron chi connectivity index (χ2n) is 13.3. The van der Waals surface area contributed by atoms with Crippen LogP contribution in [0.2, 0.25) is 0 Å². The van der Waals surface area contributed by atoms with Gasteiger partial charge in [0.25, 0.3) is 0 Å². The molecule has 0 aliphatic heterocycles. The fourth-order valence-corrected chi connectivity index (χ4v) is 8.38. The van der Waals surface area contributed by atoms with Crippen molar-refractivity contribution in [1.82, 2.24) is 0 Å². The molecule has 4 rings (SSSR count). The first-order valence-electron chi connectivity index (χ1n) is 14.2. The SMILES string of the molecule is CC(=O)O[C@H]1CC[C@@]2(C)C(=CC=C3[C@@H]4CC[C@H]([C@H](C)C=CC(C)C(C)(C)OC(C)=O)[C@@]4(C)CC[C@@H]32)C1. The van der Waals surface area contributed by atoms with Gasteiger partial charge in [-0.05, 0) is 86.9 Å². The molecule has 0 amide bonds. The number of allylic oxidation sites excluding steroid dienone is 4. The molecule has 0 aromatic rings. The molecule has 1 unspecified atom stereocenters. The highest BCUT2D eigenvalue weighted by molar-refractivity contribution is 5.66. The lowest BCUT2D eigenvalue weighted by Crippen LogP contribution is -2.46. The third-order valence-corrected chi connectivity index (χ3v) is 10.8. The Kier molecular flexibility index (Phi) is 7.40. The van der Waals surface area contributed by atoms with Gasteiger partial charge in [0, 0.05) is 26.2 Å². The largest absolute Gasteiger partial charge is 0.462 e. The number of fused-ring (bicyclic) bond motifs is 5. The predicted molar refractivity (Wildman–Crippen MR) is 144 cm³/mol. The average Bonchev–Trinajstić information content (AvgIpc) is 3.13. The first-order valence-corrected chi connectivity index (χ1v) is 14.2. The molecule has 36 heavy (non-hydrogen) atoms. The normalized spacial score (nSPS) is 37.7. The first kappa shape index (κ1) is 27.2. The lowest BCUT2D eigenvalue weighted by atomic mass is 9.50. The molecule has 3 saturated carbocycles. The molecule has 0 N–H and O–H groups in total. The Hall–Kier alpha value is -1.84. The van der Waals surface area contributed by atoms with Crippen LogP contribution in [0.5, 0.6) is 0 Å². The molecule has 200 valence electrons. The molecule has 0 bridgehead atoms. The van der Waals surface area contributed by atoms with Crippen molar-refractivity contribution < 1.29 is 19.1 Å². The molecule has 4 aliphatic carbocycles. The van der Waals surface area contributed by atoms with Gasteiger partial charge in [-0.25, -0.2) is 0 Å². The number of carbonyl (C=O) groups excluding carboxylic acids is 2. The maximum atomic E-state index is 11.5. The summed E-state index contributed by atoms with van der Waals surface area (Å²) in [7, 11) is 0. The van der Waals surface area contributed by atoms with Crippen LogP contribution in [0.15, 0.2) is 35.5 Å². The van der Waals surface area contributed by atoms with Gasteiger partial charge in [-0.3, -0.25) is 9.59 Å². The average molecular weight is 497 g/mol. The minimum absolute atomic E-state index is 0.0438. The topological polar surface area (TPSA) is 52.6 Å². The van der Waals surface area contributed by atoms with Crippen LogP contribution < -0.4 is 0 Å². The maximum absolute atomic E-state index is 11.5. The van der Waals surface area contributed by atoms with Crippen molar-refractivity contribution >= 4 is 11.9 Å². The molecule has 0 spiro atoms. The van der Waals surface area contributed by atoms with E-state index in [-0.39, 0.29) is 29.4 Å². The summed E-state index contributed by atoms with van der Waals surface area (Å²) in [6, 6.07) is 0. The van der Waals surface area contributed by atoms with E-state index in [2.05, 4.69) is 52.0 Å². The number of rotatable bonds is 6. The number of esters is 2. The fraction of sp³-hybridized carbons (Fsp3) is 0.750. The molecule has 4 aliphatic rings. The third-order valence-electron chi connectivity index (χ3n) is 10.8. The van der Waals surface area contributed by atoms with E-state index < -0.39 is 5.60 Å². The van der Waals surface area contributed by atoms with Crippen LogP contribution in [-0.2, 0) is 19.1 Å². The Morgan fingerprint density at radius 3 is 2.36 bits per heavy atom. The van der Waals surface area contributed by atoms with Crippen LogP contribution in [0.1, 0.15) is 100 Å². The Balaban J connectivity index is 1.50. The van der Waals surface area contributed by atoms with Crippen LogP contribution in [0.4, 0.5) is 0 Å². The summed E-state index contributed by atoms with van der Waals surface area (Å²) in [6.07, 6.45) is 17.7. The first-order chi connectivity index (χ1) is 16.8. The van der Waals surface area contributed by atoms with E-state index in [1.54, 1.807) is 5.57 Å². The quantitative estimate of drug-likeness (QED) is 0.281. The molecule has 0 aromatic heterocycles. The molecule has 0 aromatic carbocycles. The summed E-state index contributed by atoms with van der Waals surface area (Å²) in [5.41, 5.74) is 3.24. The van der Waals surface area contributed by atoms with Gasteiger partial charge in [-0.2, -0.15) is 0 Å². The molecule has 4 heteroatoms. The van der Waals surface area contributed by atoms with E-state index in [9.17, 15) is 9.59 Å². The highest BCUT2D eigenvalue weighted by Crippen LogP contribution is 2.66. The highest BCUT2D eigenvalue weighted by atomic mass is 16.6. The smallest absolute Gasteiger partial charge is 0.303 e. The third kappa shape index (κ3) is 4.86. The van der Waals surface area contributed by atoms with E-state index >= 15 is 0 Å². The molecule has 8 atom stereocenters. The summed E-state index contributed by atoms with van der Waals surface area (Å²) in [5.74, 6) is 2.24. The van der Waals surface area contributed by atoms with Crippen LogP contribution >= 0.6 is 0 Å². The lowest BCUT2D eigenvalue weighted by Gasteiger charge is -2.55. The van der Waals surface area contributed by atoms with E-state index in [4.69, 9.17) is 9.47 Å². The summed E-state index contributed by atoms with van der Waals surface area (Å²) in [4.78, 5) is 23.0. The van der Waals surface area contributed by atoms with Gasteiger partial charge >= 0.3 is 11.9 Å². The minimum Gasteiger partial charge on any atom is -0.462 e. The van der Waals surface area contributed by atoms with Crippen LogP contribution in [0, 0.1) is 40.4 Å². The van der Waals surface area contributed by atoms with Gasteiger partial charge in [0.1, 0.15) is 11.7 Å². The molecule has 0 heterocycles. The summed E-state index contributed by atoms with van der Waals surface area (Å²) >= 11 is 0. The predicted octanol–water partition coefficient (Wildman–Crippen LogP) is 7.59. The molecule has 3 fully saturated rings. The van der Waals surface area contributed by atoms with Gasteiger partial charge in [0.05, 0.1) is 0 Å². The molecular formula is C32H48O4. The Morgan fingerprint density at radius 2 is 1.69 bits per heavy atom. The minimum atomic E-state index is -0.497. The number of ether oxygens (including phenoxy) is 2. The zero-order valence-electron chi connectivity index (χ0n) is 23.9. The van der Waals surface area contributed by atoms with Crippen molar-refractivity contribution in [2.45, 2.75) is 112 Å². The van der Waals surface area contributed by atoms with E-state index in [0.29, 0.717) is 29.1 Å². The summed E-state index contributed by atoms with van der Waals surface area (Å²) < 4.78 is 11.2. The standard InChI is InChI=1S/C32H48O4/c1-20(9-10-21(2)30(5,6)36-23(4)34)27-13-14-28-26-12-11-24-19-25(35-22(3)33)15-17-31(24,7)29(26)16-18-32(27,28)8/h9-12,20-21,25,27-29H,13-19H2,1-8H3/t20-,21?,25+,27-,28+,29+,31+,32-/m1/s1. The number of hydrogen-bond donors (Lipinski definition) is 0. The van der Waals surface area contributed by atoms with Gasteiger partial charge in [0.15, 0.2) is 0 Å². The lowest BCUT2D eigenvalue weighted by molar-refractivity contribution is -0.156. The van der Waals surface area contributed by atoms with Crippen LogP contribution in [-0.4, -0.2) is 23.6 Å². The highest BCUT2D eigenvalue weighted by Gasteiger charge is 2.57. The van der Waals surface area contributed by atoms with Gasteiger partial charge in [-0.15, -0.1) is 0 Å². The van der Waals surface area contributed by atoms with Gasteiger partial charge in [-0.1, -0.05) is 63.1 Å². The number of hydrogen-bond acceptors (Lipinski definition) is 4. The second-order valence-corrected chi connectivity index (χ2v) is 13.3. The zero-order chi connectivity index (χ0) is 26.5. The summed E-state index contributed by atoms with van der Waals surface area (Å²) in [5, 5.41) is 0. The molecule has 4 nitrogen and oxygen atoms in total. The van der Waals surface area contributed by atoms with Crippen LogP contribution in [0.25, 0.3) is 0 Å². The summed E-state index contributed by atoms with van der Waals surface area (Å²) in [6.45, 7) is 16.6. The van der Waals surface area contributed by atoms with E-state index in [1.165, 1.54) is 45.1 Å². The Morgan fingerprint density at radius 1 is 0.972 bits per heavy atom. The van der Waals surface area contributed by atoms with Crippen molar-refractivity contribution in [2.24, 2.45) is 40.4 Å². The van der Waals surface area contributed by atoms with Crippen molar-refractivity contribution in [3.63, 3.8) is 0 Å². The Labute approximate surface area is 219 Å². The van der Waals surface area contributed by atoms with Crippen molar-refractivity contribution in [1.29, 1.82) is 0 Å². The second kappa shape index (κ2) is 9.80. The van der Waals surface area contributed by atoms with E-state index in [0.717, 1.165) is 19.3 Å². The van der Waals surface area contributed by atoms with Crippen molar-refractivity contribution in [3.05, 3.63) is 35.5 Å². The maximum Gasteiger partial charge on any atom is 0.303 e. The van der Waals surface area contributed by atoms with Gasteiger partial charge in [0.2, 0.25) is 0 Å². The van der Waals surface area contributed by atoms with Crippen LogP contribution in [0.3, 0.4) is 0 Å². The van der Waals surface area contributed by atoms with E-state index in [1.807, 2.05) is 13.8 Å². The molecular weight excluding hydrogens is 448 g/mol. The van der Waals surface area contributed by atoms with Gasteiger partial charge < -0.3 is 9.47 Å². The molecule has 0 radical (unpaired) electrons. The monoisotopic (exact) mass is 496 g/mol. The number of carbonyl (C=O) groups is 2. The molecule has 0 saturated heterocycles. The fourth-order valence-electron chi connectivity index (χ4n) is 8.38. The Bertz CT molecular complexity index is 971. The van der Waals surface area contributed by atoms with Crippen molar-refractivity contribution in [3.8, 4) is 0 Å². The zero-order valence-corrected chi connectivity index (χ0v) is 23.9. The van der Waals surface area contributed by atoms with Crippen molar-refractivity contribution in [2.75, 3.05) is 0 Å².